The van der Waals surface area contributed by atoms with Gasteiger partial charge in [0, 0.05) is 19.6 Å². The standard InChI is InChI=1S/C16H20N4O2S/c1-12-17-18-15(23-12)10-19-6-7-20(16(21)11-19)9-13-4-3-5-14(8-13)22-2/h3-5,8H,6-7,9-11H2,1-2H3. The van der Waals surface area contributed by atoms with Gasteiger partial charge in [-0.1, -0.05) is 12.1 Å². The Bertz CT molecular complexity index is 688. The summed E-state index contributed by atoms with van der Waals surface area (Å²) in [5.74, 6) is 0.973. The highest BCUT2D eigenvalue weighted by Gasteiger charge is 2.24. The molecule has 0 atom stereocenters. The van der Waals surface area contributed by atoms with Gasteiger partial charge in [0.2, 0.25) is 5.91 Å². The van der Waals surface area contributed by atoms with Crippen LogP contribution in [0.2, 0.25) is 0 Å². The molecule has 1 saturated heterocycles. The normalized spacial score (nSPS) is 15.9. The van der Waals surface area contributed by atoms with Crippen molar-refractivity contribution in [1.82, 2.24) is 20.0 Å². The van der Waals surface area contributed by atoms with Crippen LogP contribution in [0.1, 0.15) is 15.6 Å². The summed E-state index contributed by atoms with van der Waals surface area (Å²) in [6, 6.07) is 7.86. The minimum atomic E-state index is 0.153. The van der Waals surface area contributed by atoms with Crippen molar-refractivity contribution in [1.29, 1.82) is 0 Å². The van der Waals surface area contributed by atoms with Crippen molar-refractivity contribution in [3.8, 4) is 5.75 Å². The van der Waals surface area contributed by atoms with Gasteiger partial charge in [-0.25, -0.2) is 0 Å². The van der Waals surface area contributed by atoms with E-state index in [9.17, 15) is 4.79 Å². The molecular weight excluding hydrogens is 312 g/mol. The number of amides is 1. The lowest BCUT2D eigenvalue weighted by atomic mass is 10.2. The molecule has 1 amide bonds. The van der Waals surface area contributed by atoms with E-state index < -0.39 is 0 Å². The van der Waals surface area contributed by atoms with E-state index in [4.69, 9.17) is 4.74 Å². The van der Waals surface area contributed by atoms with E-state index in [1.54, 1.807) is 18.4 Å². The number of aromatic nitrogens is 2. The maximum absolute atomic E-state index is 12.4. The average molecular weight is 332 g/mol. The van der Waals surface area contributed by atoms with Crippen molar-refractivity contribution >= 4 is 17.2 Å². The van der Waals surface area contributed by atoms with Crippen molar-refractivity contribution in [2.75, 3.05) is 26.7 Å². The second-order valence-corrected chi connectivity index (χ2v) is 6.86. The Morgan fingerprint density at radius 3 is 2.83 bits per heavy atom. The first-order valence-electron chi connectivity index (χ1n) is 7.56. The van der Waals surface area contributed by atoms with Gasteiger partial charge in [-0.2, -0.15) is 0 Å². The maximum atomic E-state index is 12.4. The van der Waals surface area contributed by atoms with Gasteiger partial charge in [0.15, 0.2) is 0 Å². The quantitative estimate of drug-likeness (QED) is 0.834. The summed E-state index contributed by atoms with van der Waals surface area (Å²) in [5.41, 5.74) is 1.09. The van der Waals surface area contributed by atoms with E-state index in [2.05, 4.69) is 15.1 Å². The Balaban J connectivity index is 1.57. The molecule has 0 N–H and O–H groups in total. The molecule has 23 heavy (non-hydrogen) atoms. The molecule has 0 saturated carbocycles. The highest BCUT2D eigenvalue weighted by atomic mass is 32.1. The van der Waals surface area contributed by atoms with Crippen LogP contribution in [-0.4, -0.2) is 52.6 Å². The summed E-state index contributed by atoms with van der Waals surface area (Å²) in [4.78, 5) is 16.4. The lowest BCUT2D eigenvalue weighted by Gasteiger charge is -2.33. The van der Waals surface area contributed by atoms with Crippen LogP contribution >= 0.6 is 11.3 Å². The van der Waals surface area contributed by atoms with E-state index in [0.29, 0.717) is 19.6 Å². The number of methoxy groups -OCH3 is 1. The highest BCUT2D eigenvalue weighted by Crippen LogP contribution is 2.17. The number of carbonyl (C=O) groups is 1. The topological polar surface area (TPSA) is 58.6 Å². The molecule has 2 heterocycles. The van der Waals surface area contributed by atoms with Gasteiger partial charge in [0.25, 0.3) is 0 Å². The lowest BCUT2D eigenvalue weighted by Crippen LogP contribution is -2.49. The van der Waals surface area contributed by atoms with Gasteiger partial charge in [0.05, 0.1) is 20.2 Å². The molecule has 3 rings (SSSR count). The molecule has 1 aromatic heterocycles. The van der Waals surface area contributed by atoms with Crippen LogP contribution in [0, 0.1) is 6.92 Å². The van der Waals surface area contributed by atoms with Crippen LogP contribution in [0.5, 0.6) is 5.75 Å². The maximum Gasteiger partial charge on any atom is 0.237 e. The number of hydrogen-bond acceptors (Lipinski definition) is 6. The molecule has 2 aromatic rings. The molecule has 1 fully saturated rings. The molecule has 0 spiro atoms. The molecule has 1 aromatic carbocycles. The molecule has 122 valence electrons. The summed E-state index contributed by atoms with van der Waals surface area (Å²) in [6.45, 7) is 5.29. The number of nitrogens with zero attached hydrogens (tertiary/aromatic N) is 4. The molecule has 1 aliphatic rings. The van der Waals surface area contributed by atoms with Gasteiger partial charge < -0.3 is 9.64 Å². The summed E-state index contributed by atoms with van der Waals surface area (Å²) in [5, 5.41) is 10.1. The molecule has 0 bridgehead atoms. The van der Waals surface area contributed by atoms with Crippen molar-refractivity contribution < 1.29 is 9.53 Å². The fourth-order valence-electron chi connectivity index (χ4n) is 2.64. The molecule has 1 aliphatic heterocycles. The number of rotatable bonds is 5. The highest BCUT2D eigenvalue weighted by molar-refractivity contribution is 7.11. The molecule has 0 aliphatic carbocycles. The second-order valence-electron chi connectivity index (χ2n) is 5.59. The van der Waals surface area contributed by atoms with Gasteiger partial charge in [-0.15, -0.1) is 21.5 Å². The van der Waals surface area contributed by atoms with E-state index >= 15 is 0 Å². The predicted molar refractivity (Wildman–Crippen MR) is 88.3 cm³/mol. The Hall–Kier alpha value is -1.99. The van der Waals surface area contributed by atoms with Crippen molar-refractivity contribution in [2.45, 2.75) is 20.0 Å². The van der Waals surface area contributed by atoms with Crippen LogP contribution in [0.15, 0.2) is 24.3 Å². The average Bonchev–Trinajstić information content (AvgIpc) is 2.95. The van der Waals surface area contributed by atoms with Crippen LogP contribution in [0.3, 0.4) is 0 Å². The number of ether oxygens (including phenoxy) is 1. The lowest BCUT2D eigenvalue weighted by molar-refractivity contribution is -0.136. The third kappa shape index (κ3) is 4.05. The van der Waals surface area contributed by atoms with Crippen LogP contribution in [0.25, 0.3) is 0 Å². The third-order valence-corrected chi connectivity index (χ3v) is 4.66. The zero-order valence-electron chi connectivity index (χ0n) is 13.4. The summed E-state index contributed by atoms with van der Waals surface area (Å²) in [7, 11) is 1.65. The molecule has 0 radical (unpaired) electrons. The van der Waals surface area contributed by atoms with E-state index in [1.165, 1.54) is 0 Å². The monoisotopic (exact) mass is 332 g/mol. The Morgan fingerprint density at radius 1 is 1.26 bits per heavy atom. The second kappa shape index (κ2) is 7.06. The number of piperazine rings is 1. The third-order valence-electron chi connectivity index (χ3n) is 3.83. The number of hydrogen-bond donors (Lipinski definition) is 0. The molecule has 6 nitrogen and oxygen atoms in total. The van der Waals surface area contributed by atoms with E-state index in [-0.39, 0.29) is 5.91 Å². The van der Waals surface area contributed by atoms with Crippen LogP contribution in [-0.2, 0) is 17.9 Å². The van der Waals surface area contributed by atoms with Gasteiger partial charge >= 0.3 is 0 Å². The number of aryl methyl sites for hydroxylation is 1. The van der Waals surface area contributed by atoms with Crippen LogP contribution in [0.4, 0.5) is 0 Å². The number of benzene rings is 1. The van der Waals surface area contributed by atoms with Gasteiger partial charge in [0.1, 0.15) is 15.8 Å². The Labute approximate surface area is 139 Å². The molecule has 0 unspecified atom stereocenters. The fourth-order valence-corrected chi connectivity index (χ4v) is 3.39. The zero-order chi connectivity index (χ0) is 16.2. The van der Waals surface area contributed by atoms with Gasteiger partial charge in [-0.05, 0) is 24.6 Å². The summed E-state index contributed by atoms with van der Waals surface area (Å²) in [6.07, 6.45) is 0. The zero-order valence-corrected chi connectivity index (χ0v) is 14.2. The van der Waals surface area contributed by atoms with E-state index in [1.807, 2.05) is 36.1 Å². The first-order chi connectivity index (χ1) is 11.1. The Kier molecular flexibility index (Phi) is 4.88. The summed E-state index contributed by atoms with van der Waals surface area (Å²) >= 11 is 1.59. The van der Waals surface area contributed by atoms with Crippen molar-refractivity contribution in [3.05, 3.63) is 39.8 Å². The van der Waals surface area contributed by atoms with Crippen molar-refractivity contribution in [2.24, 2.45) is 0 Å². The SMILES string of the molecule is COc1cccc(CN2CCN(Cc3nnc(C)s3)CC2=O)c1. The smallest absolute Gasteiger partial charge is 0.237 e. The van der Waals surface area contributed by atoms with Gasteiger partial charge in [-0.3, -0.25) is 9.69 Å². The minimum absolute atomic E-state index is 0.153. The largest absolute Gasteiger partial charge is 0.497 e. The molecular formula is C16H20N4O2S. The van der Waals surface area contributed by atoms with Crippen LogP contribution < -0.4 is 4.74 Å². The minimum Gasteiger partial charge on any atom is -0.497 e. The van der Waals surface area contributed by atoms with Crippen molar-refractivity contribution in [3.63, 3.8) is 0 Å². The predicted octanol–water partition coefficient (Wildman–Crippen LogP) is 1.70. The fraction of sp³-hybridized carbons (Fsp3) is 0.438. The number of carbonyl (C=O) groups excluding carboxylic acids is 1. The molecule has 7 heteroatoms. The Morgan fingerprint density at radius 2 is 2.13 bits per heavy atom. The first kappa shape index (κ1) is 15.9. The first-order valence-corrected chi connectivity index (χ1v) is 8.38. The summed E-state index contributed by atoms with van der Waals surface area (Å²) < 4.78 is 5.23. The van der Waals surface area contributed by atoms with E-state index in [0.717, 1.165) is 34.4 Å².